The molecule has 12 heteroatoms. The van der Waals surface area contributed by atoms with E-state index in [1.165, 1.54) is 0 Å². The summed E-state index contributed by atoms with van der Waals surface area (Å²) < 4.78 is 1.35. The zero-order valence-electron chi connectivity index (χ0n) is 31.7. The van der Waals surface area contributed by atoms with Crippen LogP contribution in [0.3, 0.4) is 0 Å². The van der Waals surface area contributed by atoms with E-state index in [1.807, 2.05) is 67.6 Å². The van der Waals surface area contributed by atoms with E-state index in [2.05, 4.69) is 17.4 Å². The van der Waals surface area contributed by atoms with E-state index in [4.69, 9.17) is 21.4 Å². The molecular weight excluding hydrogens is 805 g/mol. The predicted octanol–water partition coefficient (Wildman–Crippen LogP) is 0.690. The quantitative estimate of drug-likeness (QED) is 0.0782. The van der Waals surface area contributed by atoms with Gasteiger partial charge in [-0.15, -0.1) is 0 Å². The molecule has 55 heavy (non-hydrogen) atoms. The Bertz CT molecular complexity index is 2010. The normalized spacial score (nSPS) is 23.8. The molecule has 2 aromatic carbocycles. The molecule has 2 saturated heterocycles. The molecule has 11 nitrogen and oxygen atoms in total. The molecule has 5 unspecified atom stereocenters. The molecule has 7 N–H and O–H groups in total. The number of piperidine rings is 2. The topological polar surface area (TPSA) is 171 Å². The molecule has 7 rings (SSSR count). The summed E-state index contributed by atoms with van der Waals surface area (Å²) in [5.41, 5.74) is 19.3. The minimum atomic E-state index is -0.625. The number of nitrogens with zero attached hydrogens (tertiary/aromatic N) is 4. The number of aliphatic hydroxyl groups is 2. The summed E-state index contributed by atoms with van der Waals surface area (Å²) in [6, 6.07) is 23.8. The Balaban J connectivity index is 0.968. The number of hydrogen-bond acceptors (Lipinski definition) is 9. The van der Waals surface area contributed by atoms with Gasteiger partial charge in [0, 0.05) is 13.1 Å². The number of β-amino-alcohol motifs (C(OH)–C–C–N with tert-alkyl or cyclic N) is 2. The number of carbonyl (C=O) groups excluding carboxylic acids is 2. The fourth-order valence-corrected chi connectivity index (χ4v) is 11.4. The monoisotopic (exact) mass is 858 g/mol. The van der Waals surface area contributed by atoms with Crippen LogP contribution in [-0.2, 0) is 25.9 Å². The molecule has 0 bridgehead atoms. The molecule has 4 aromatic rings. The molecule has 1 saturated carbocycles. The number of aliphatic hydroxyl groups excluding tert-OH is 2. The van der Waals surface area contributed by atoms with Gasteiger partial charge in [-0.1, -0.05) is 36.4 Å². The van der Waals surface area contributed by atoms with E-state index in [-0.39, 0.29) is 36.1 Å². The van der Waals surface area contributed by atoms with Gasteiger partial charge in [-0.2, -0.15) is 0 Å². The van der Waals surface area contributed by atoms with E-state index < -0.39 is 33.4 Å². The number of carbonyl (C=O) groups is 2. The summed E-state index contributed by atoms with van der Waals surface area (Å²) in [5.74, 6) is 0.640. The van der Waals surface area contributed by atoms with Gasteiger partial charge in [0.1, 0.15) is 0 Å². The van der Waals surface area contributed by atoms with Gasteiger partial charge < -0.3 is 11.5 Å². The fourth-order valence-electron chi connectivity index (χ4n) is 8.23. The molecule has 4 heterocycles. The molecule has 1 aliphatic carbocycles. The van der Waals surface area contributed by atoms with Crippen molar-refractivity contribution in [2.24, 2.45) is 23.3 Å². The average molecular weight is 859 g/mol. The van der Waals surface area contributed by atoms with Crippen LogP contribution in [-0.4, -0.2) is 91.2 Å². The summed E-state index contributed by atoms with van der Waals surface area (Å²) in [4.78, 5) is 41.1. The van der Waals surface area contributed by atoms with E-state index in [0.29, 0.717) is 60.0 Å². The number of likely N-dealkylation sites (tertiary alicyclic amines) is 2. The van der Waals surface area contributed by atoms with E-state index >= 15 is 0 Å². The van der Waals surface area contributed by atoms with Gasteiger partial charge in [0.15, 0.2) is 0 Å². The van der Waals surface area contributed by atoms with Crippen molar-refractivity contribution in [1.82, 2.24) is 19.8 Å². The number of halogens is 1. The van der Waals surface area contributed by atoms with Crippen LogP contribution in [0, 0.1) is 22.5 Å². The van der Waals surface area contributed by atoms with Gasteiger partial charge in [-0.25, -0.2) is 0 Å². The number of pyridine rings is 2. The Kier molecular flexibility index (Phi) is 12.5. The van der Waals surface area contributed by atoms with Gasteiger partial charge >= 0.3 is 275 Å². The molecule has 6 atom stereocenters. The second kappa shape index (κ2) is 17.5. The van der Waals surface area contributed by atoms with Crippen molar-refractivity contribution < 1.29 is 41.0 Å². The van der Waals surface area contributed by atoms with Crippen LogP contribution >= 0.6 is 0 Å². The summed E-state index contributed by atoms with van der Waals surface area (Å²) in [6.45, 7) is 4.61. The first-order valence-corrected chi connectivity index (χ1v) is 21.8. The second-order valence-corrected chi connectivity index (χ2v) is 18.5. The van der Waals surface area contributed by atoms with Gasteiger partial charge in [-0.3, -0.25) is 0 Å². The van der Waals surface area contributed by atoms with Crippen LogP contribution in [0.25, 0.3) is 0 Å². The maximum atomic E-state index is 14.0. The number of aryl methyl sites for hydroxylation is 1. The first-order chi connectivity index (χ1) is 26.7. The molecule has 0 radical (unpaired) electrons. The van der Waals surface area contributed by atoms with Crippen LogP contribution in [0.5, 0.6) is 0 Å². The van der Waals surface area contributed by atoms with Crippen molar-refractivity contribution in [2.75, 3.05) is 38.5 Å². The SMILES string of the molecule is CNc1nc([I-]C2CC2c2nc(C)ccc2C(=O)N2CCC(Cc3ccccc3CN)[C@H](O)C2)ccc1C(=O)N1CCC(Cc2ccccc2CN)C(O)C1. The first-order valence-electron chi connectivity index (χ1n) is 19.4. The number of nitrogens with two attached hydrogens (primary N) is 2. The molecule has 2 aromatic heterocycles. The molecule has 3 fully saturated rings. The Hall–Kier alpha value is -3.95. The number of nitrogens with one attached hydrogen (secondary N) is 1. The number of rotatable bonds is 12. The second-order valence-electron chi connectivity index (χ2n) is 15.2. The minimum absolute atomic E-state index is 0.0603. The van der Waals surface area contributed by atoms with Crippen LogP contribution in [0.4, 0.5) is 5.82 Å². The summed E-state index contributed by atoms with van der Waals surface area (Å²) >= 11 is -0.541. The van der Waals surface area contributed by atoms with E-state index in [0.717, 1.165) is 63.0 Å². The van der Waals surface area contributed by atoms with Crippen LogP contribution in [0.1, 0.15) is 79.5 Å². The number of alkyl halides is 1. The van der Waals surface area contributed by atoms with Crippen LogP contribution < -0.4 is 38.0 Å². The summed E-state index contributed by atoms with van der Waals surface area (Å²) in [5, 5.41) is 25.4. The third kappa shape index (κ3) is 8.88. The Labute approximate surface area is 334 Å². The predicted molar refractivity (Wildman–Crippen MR) is 209 cm³/mol. The average Bonchev–Trinajstić information content (AvgIpc) is 3.97. The Morgan fingerprint density at radius 3 is 1.82 bits per heavy atom. The third-order valence-corrected chi connectivity index (χ3v) is 15.0. The van der Waals surface area contributed by atoms with Crippen molar-refractivity contribution in [3.63, 3.8) is 0 Å². The van der Waals surface area contributed by atoms with Gasteiger partial charge in [0.05, 0.1) is 0 Å². The number of hydrogen-bond donors (Lipinski definition) is 5. The van der Waals surface area contributed by atoms with E-state index in [9.17, 15) is 19.8 Å². The number of anilines is 1. The van der Waals surface area contributed by atoms with Crippen molar-refractivity contribution in [2.45, 2.75) is 74.2 Å². The molecule has 3 aliphatic rings. The molecule has 2 aliphatic heterocycles. The van der Waals surface area contributed by atoms with Crippen molar-refractivity contribution in [1.29, 1.82) is 0 Å². The zero-order valence-corrected chi connectivity index (χ0v) is 33.9. The van der Waals surface area contributed by atoms with E-state index in [1.54, 1.807) is 16.8 Å². The molecular formula is C43H53IN7O4-. The van der Waals surface area contributed by atoms with Gasteiger partial charge in [-0.05, 0) is 0 Å². The third-order valence-electron chi connectivity index (χ3n) is 11.6. The Morgan fingerprint density at radius 2 is 1.29 bits per heavy atom. The van der Waals surface area contributed by atoms with Crippen molar-refractivity contribution in [3.05, 3.63) is 121 Å². The van der Waals surface area contributed by atoms with Crippen molar-refractivity contribution >= 4 is 17.6 Å². The molecule has 2 amide bonds. The van der Waals surface area contributed by atoms with Crippen LogP contribution in [0.15, 0.2) is 72.8 Å². The molecule has 0 spiro atoms. The Morgan fingerprint density at radius 1 is 0.764 bits per heavy atom. The standard InChI is InChI=1S/C43H53IN7O4/c1-26-11-12-33(42(54)50-17-15-29(37(52)24-50)19-27-7-3-5-9-31(27)22-45)40(48-26)35-21-36(35)44-39-14-13-34(41(47-2)49-39)43(55)51-18-16-30(38(53)25-51)20-28-8-4-6-10-32(28)23-46/h3-14,29-30,35-38,52-53H,15-25,45-46H2,1-2H3,(H,47,49)/q-1/t29?,30?,35?,36?,37-,38?/m1/s1. The zero-order chi connectivity index (χ0) is 38.6. The number of aromatic nitrogens is 2. The number of benzene rings is 2. The fraction of sp³-hybridized carbons (Fsp3) is 0.442. The molecule has 292 valence electrons. The first kappa shape index (κ1) is 39.3. The van der Waals surface area contributed by atoms with Gasteiger partial charge in [0.25, 0.3) is 0 Å². The summed E-state index contributed by atoms with van der Waals surface area (Å²) in [6.07, 6.45) is 2.61. The summed E-state index contributed by atoms with van der Waals surface area (Å²) in [7, 11) is 1.78. The van der Waals surface area contributed by atoms with Gasteiger partial charge in [0.2, 0.25) is 0 Å². The number of amides is 2. The van der Waals surface area contributed by atoms with Crippen LogP contribution in [0.2, 0.25) is 0 Å². The van der Waals surface area contributed by atoms with Crippen molar-refractivity contribution in [3.8, 4) is 0 Å². The maximum absolute atomic E-state index is 14.0.